The van der Waals surface area contributed by atoms with Gasteiger partial charge in [0.2, 0.25) is 0 Å². The van der Waals surface area contributed by atoms with Crippen molar-refractivity contribution in [3.8, 4) is 0 Å². The van der Waals surface area contributed by atoms with E-state index in [1.165, 1.54) is 0 Å². The van der Waals surface area contributed by atoms with Crippen molar-refractivity contribution in [2.75, 3.05) is 0 Å². The average molecular weight is 332 g/mol. The Kier molecular flexibility index (Phi) is 66.8. The molecule has 4 heteroatoms. The van der Waals surface area contributed by atoms with E-state index in [1.807, 2.05) is 0 Å². The zero-order chi connectivity index (χ0) is 2.00. The third-order valence-corrected chi connectivity index (χ3v) is 0. The average Bonchev–Trinajstić information content (AvgIpc) is 1.00. The van der Waals surface area contributed by atoms with Crippen molar-refractivity contribution in [3.63, 3.8) is 0 Å². The van der Waals surface area contributed by atoms with Crippen molar-refractivity contribution in [2.24, 2.45) is 0 Å². The summed E-state index contributed by atoms with van der Waals surface area (Å²) in [7, 11) is 0. The molecule has 0 saturated carbocycles. The van der Waals surface area contributed by atoms with Gasteiger partial charge in [-0.15, -0.1) is 0 Å². The van der Waals surface area contributed by atoms with Gasteiger partial charge in [0.1, 0.15) is 0 Å². The maximum absolute atomic E-state index is 8.33. The first-order valence-electron chi connectivity index (χ1n) is 0.167. The fraction of sp³-hybridized carbons (Fsp3) is 0. The van der Waals surface area contributed by atoms with Crippen molar-refractivity contribution < 1.29 is 45.6 Å². The Morgan fingerprint density at radius 2 is 1.25 bits per heavy atom. The van der Waals surface area contributed by atoms with Gasteiger partial charge in [0.05, 0.1) is 0 Å². The fourth-order valence-electron chi connectivity index (χ4n) is 0. The Hall–Kier alpha value is 2.86. The van der Waals surface area contributed by atoms with E-state index < -0.39 is 0 Å². The third-order valence-electron chi connectivity index (χ3n) is 0. The van der Waals surface area contributed by atoms with Gasteiger partial charge in [-0.3, -0.25) is 0 Å². The first-order chi connectivity index (χ1) is 1.00. The topological polar surface area (TPSA) is 17.1 Å². The van der Waals surface area contributed by atoms with Crippen LogP contribution in [0.1, 0.15) is 0 Å². The molecule has 0 saturated heterocycles. The number of hydrogen-bond acceptors (Lipinski definition) is 1. The van der Waals surface area contributed by atoms with E-state index in [0.29, 0.717) is 19.8 Å². The molecule has 1 nitrogen and oxygen atoms in total. The summed E-state index contributed by atoms with van der Waals surface area (Å²) in [6.45, 7) is 0. The minimum absolute atomic E-state index is 0. The van der Waals surface area contributed by atoms with Crippen molar-refractivity contribution in [2.45, 2.75) is 0 Å². The van der Waals surface area contributed by atoms with Gasteiger partial charge < -0.3 is 0 Å². The SMILES string of the molecule is [K].[Nb].[O]=[W]. The first-order valence-corrected chi connectivity index (χ1v) is 1.36. The summed E-state index contributed by atoms with van der Waals surface area (Å²) in [5.41, 5.74) is 0. The number of rotatable bonds is 0. The summed E-state index contributed by atoms with van der Waals surface area (Å²) in [5.74, 6) is 0. The van der Waals surface area contributed by atoms with Crippen LogP contribution in [0.3, 0.4) is 0 Å². The molecule has 0 aliphatic heterocycles. The first kappa shape index (κ1) is 15.8. The van der Waals surface area contributed by atoms with Crippen LogP contribution in [0, 0.1) is 0 Å². The van der Waals surface area contributed by atoms with Crippen LogP contribution in [0.5, 0.6) is 0 Å². The van der Waals surface area contributed by atoms with E-state index in [9.17, 15) is 0 Å². The molecular formula is KNbOW. The molecule has 0 aliphatic carbocycles. The third kappa shape index (κ3) is 8.85. The van der Waals surface area contributed by atoms with E-state index >= 15 is 0 Å². The molecule has 0 rings (SSSR count). The Balaban J connectivity index is -0.00000000500. The zero-order valence-corrected chi connectivity index (χ0v) is 10.5. The fourth-order valence-corrected chi connectivity index (χ4v) is 0. The Bertz CT molecular complexity index is 8.00. The molecule has 0 heterocycles. The second-order valence-corrected chi connectivity index (χ2v) is 0. The molecular weight excluding hydrogens is 332 g/mol. The minimum atomic E-state index is 0. The summed E-state index contributed by atoms with van der Waals surface area (Å²) in [4.78, 5) is 0. The molecule has 0 aromatic heterocycles. The zero-order valence-electron chi connectivity index (χ0n) is 2.26. The second-order valence-electron chi connectivity index (χ2n) is 0. The van der Waals surface area contributed by atoms with Crippen molar-refractivity contribution in [1.29, 1.82) is 0 Å². The molecule has 0 atom stereocenters. The van der Waals surface area contributed by atoms with Gasteiger partial charge in [-0.2, -0.15) is 0 Å². The quantitative estimate of drug-likeness (QED) is 0.547. The molecule has 0 aliphatic rings. The normalized spacial score (nSPS) is 1.00. The van der Waals surface area contributed by atoms with Crippen molar-refractivity contribution in [1.82, 2.24) is 0 Å². The standard InChI is InChI=1S/K.Nb.O.W. The van der Waals surface area contributed by atoms with Crippen LogP contribution >= 0.6 is 0 Å². The van der Waals surface area contributed by atoms with Crippen molar-refractivity contribution >= 4 is 51.4 Å². The monoisotopic (exact) mass is 332 g/mol. The van der Waals surface area contributed by atoms with E-state index in [0.717, 1.165) is 0 Å². The molecule has 0 spiro atoms. The van der Waals surface area contributed by atoms with Gasteiger partial charge in [-0.05, 0) is 0 Å². The molecule has 0 amide bonds. The molecule has 0 aromatic rings. The van der Waals surface area contributed by atoms with Crippen molar-refractivity contribution in [3.05, 3.63) is 0 Å². The van der Waals surface area contributed by atoms with Gasteiger partial charge >= 0.3 is 23.2 Å². The molecule has 0 fully saturated rings. The number of hydrogen-bond donors (Lipinski definition) is 0. The van der Waals surface area contributed by atoms with Gasteiger partial charge in [-0.25, -0.2) is 0 Å². The molecule has 0 bridgehead atoms. The second kappa shape index (κ2) is 16.9. The van der Waals surface area contributed by atoms with Gasteiger partial charge in [0.15, 0.2) is 0 Å². The summed E-state index contributed by atoms with van der Waals surface area (Å²) in [5, 5.41) is 0. The van der Waals surface area contributed by atoms with Crippen LogP contribution in [-0.4, -0.2) is 51.4 Å². The molecule has 4 heavy (non-hydrogen) atoms. The van der Waals surface area contributed by atoms with Crippen LogP contribution in [0.15, 0.2) is 0 Å². The van der Waals surface area contributed by atoms with E-state index in [1.54, 1.807) is 0 Å². The molecule has 18 valence electrons. The van der Waals surface area contributed by atoms with E-state index in [-0.39, 0.29) is 73.8 Å². The van der Waals surface area contributed by atoms with E-state index in [2.05, 4.69) is 0 Å². The van der Waals surface area contributed by atoms with Crippen LogP contribution in [0.4, 0.5) is 0 Å². The van der Waals surface area contributed by atoms with Crippen LogP contribution in [0.2, 0.25) is 0 Å². The summed E-state index contributed by atoms with van der Waals surface area (Å²) in [6, 6.07) is 0. The predicted octanol–water partition coefficient (Wildman–Crippen LogP) is -0.505. The van der Waals surface area contributed by atoms with Crippen LogP contribution in [-0.2, 0) is 45.6 Å². The van der Waals surface area contributed by atoms with Crippen LogP contribution < -0.4 is 0 Å². The molecule has 0 aromatic carbocycles. The summed E-state index contributed by atoms with van der Waals surface area (Å²) >= 11 is 0.333. The summed E-state index contributed by atoms with van der Waals surface area (Å²) < 4.78 is 8.33. The molecule has 0 N–H and O–H groups in total. The van der Waals surface area contributed by atoms with Gasteiger partial charge in [0.25, 0.3) is 0 Å². The Labute approximate surface area is 94.4 Å². The maximum atomic E-state index is 8.33. The van der Waals surface area contributed by atoms with E-state index in [4.69, 9.17) is 3.40 Å². The molecule has 2 radical (unpaired) electrons. The molecule has 0 unspecified atom stereocenters. The van der Waals surface area contributed by atoms with Gasteiger partial charge in [-0.1, -0.05) is 0 Å². The van der Waals surface area contributed by atoms with Crippen LogP contribution in [0.25, 0.3) is 0 Å². The Morgan fingerprint density at radius 3 is 1.25 bits per heavy atom. The predicted molar refractivity (Wildman–Crippen MR) is 6.44 cm³/mol. The summed E-state index contributed by atoms with van der Waals surface area (Å²) in [6.07, 6.45) is 0. The van der Waals surface area contributed by atoms with Gasteiger partial charge in [0, 0.05) is 73.8 Å². The Morgan fingerprint density at radius 1 is 1.25 bits per heavy atom.